The summed E-state index contributed by atoms with van der Waals surface area (Å²) >= 11 is 6.28. The van der Waals surface area contributed by atoms with Gasteiger partial charge in [0.15, 0.2) is 0 Å². The first-order valence-electron chi connectivity index (χ1n) is 7.04. The molecule has 2 heterocycles. The first-order chi connectivity index (χ1) is 10.0. The summed E-state index contributed by atoms with van der Waals surface area (Å²) in [5.41, 5.74) is 3.01. The molecule has 1 aromatic heterocycles. The summed E-state index contributed by atoms with van der Waals surface area (Å²) in [4.78, 5) is 17.6. The maximum atomic E-state index is 11.0. The van der Waals surface area contributed by atoms with Gasteiger partial charge in [-0.15, -0.1) is 0 Å². The number of aryl methyl sites for hydroxylation is 1. The van der Waals surface area contributed by atoms with E-state index in [0.717, 1.165) is 28.6 Å². The van der Waals surface area contributed by atoms with E-state index in [9.17, 15) is 4.79 Å². The maximum absolute atomic E-state index is 11.0. The van der Waals surface area contributed by atoms with Crippen LogP contribution in [0, 0.1) is 12.8 Å². The Balaban J connectivity index is 1.83. The van der Waals surface area contributed by atoms with Crippen LogP contribution in [0.3, 0.4) is 0 Å². The lowest BCUT2D eigenvalue weighted by molar-refractivity contribution is -0.141. The van der Waals surface area contributed by atoms with Crippen LogP contribution in [0.15, 0.2) is 24.3 Å². The number of hydrogen-bond donors (Lipinski definition) is 1. The molecule has 1 aliphatic rings. The van der Waals surface area contributed by atoms with Crippen molar-refractivity contribution in [2.75, 3.05) is 13.1 Å². The Kier molecular flexibility index (Phi) is 3.83. The SMILES string of the molecule is Cc1ccc2cc(CN3CCC(C(=O)O)C3)c(Cl)nc2c1. The van der Waals surface area contributed by atoms with Crippen LogP contribution in [-0.2, 0) is 11.3 Å². The average molecular weight is 305 g/mol. The average Bonchev–Trinajstić information content (AvgIpc) is 2.89. The predicted molar refractivity (Wildman–Crippen MR) is 82.5 cm³/mol. The van der Waals surface area contributed by atoms with E-state index in [1.165, 1.54) is 0 Å². The van der Waals surface area contributed by atoms with E-state index in [1.807, 2.05) is 19.1 Å². The Morgan fingerprint density at radius 2 is 2.29 bits per heavy atom. The molecule has 21 heavy (non-hydrogen) atoms. The first kappa shape index (κ1) is 14.3. The van der Waals surface area contributed by atoms with Gasteiger partial charge in [0.1, 0.15) is 5.15 Å². The zero-order valence-corrected chi connectivity index (χ0v) is 12.6. The second-order valence-corrected chi connectivity index (χ2v) is 6.05. The molecule has 1 unspecified atom stereocenters. The van der Waals surface area contributed by atoms with Gasteiger partial charge in [0.2, 0.25) is 0 Å². The van der Waals surface area contributed by atoms with Gasteiger partial charge in [-0.2, -0.15) is 0 Å². The van der Waals surface area contributed by atoms with E-state index in [1.54, 1.807) is 0 Å². The Labute approximate surface area is 128 Å². The molecule has 5 heteroatoms. The van der Waals surface area contributed by atoms with E-state index < -0.39 is 5.97 Å². The van der Waals surface area contributed by atoms with E-state index in [-0.39, 0.29) is 5.92 Å². The standard InChI is InChI=1S/C16H17ClN2O2/c1-10-2-3-11-7-13(15(17)18-14(11)6-10)9-19-5-4-12(8-19)16(20)21/h2-3,6-7,12H,4-5,8-9H2,1H3,(H,20,21). The molecular weight excluding hydrogens is 288 g/mol. The molecule has 0 bridgehead atoms. The first-order valence-corrected chi connectivity index (χ1v) is 7.41. The molecule has 3 rings (SSSR count). The van der Waals surface area contributed by atoms with Crippen molar-refractivity contribution in [1.29, 1.82) is 0 Å². The predicted octanol–water partition coefficient (Wildman–Crippen LogP) is 3.10. The molecule has 1 fully saturated rings. The zero-order valence-electron chi connectivity index (χ0n) is 11.8. The Bertz CT molecular complexity index is 702. The third-order valence-electron chi connectivity index (χ3n) is 4.01. The molecule has 4 nitrogen and oxygen atoms in total. The summed E-state index contributed by atoms with van der Waals surface area (Å²) in [6, 6.07) is 8.17. The number of rotatable bonds is 3. The van der Waals surface area contributed by atoms with Gasteiger partial charge in [0.05, 0.1) is 11.4 Å². The van der Waals surface area contributed by atoms with Crippen molar-refractivity contribution in [1.82, 2.24) is 9.88 Å². The van der Waals surface area contributed by atoms with Crippen LogP contribution >= 0.6 is 11.6 Å². The van der Waals surface area contributed by atoms with Gasteiger partial charge in [-0.05, 0) is 37.6 Å². The number of pyridine rings is 1. The quantitative estimate of drug-likeness (QED) is 0.885. The van der Waals surface area contributed by atoms with Crippen LogP contribution in [-0.4, -0.2) is 34.0 Å². The number of hydrogen-bond acceptors (Lipinski definition) is 3. The molecule has 1 saturated heterocycles. The smallest absolute Gasteiger partial charge is 0.307 e. The Morgan fingerprint density at radius 1 is 1.48 bits per heavy atom. The molecule has 0 spiro atoms. The molecule has 0 aliphatic carbocycles. The number of halogens is 1. The van der Waals surface area contributed by atoms with Gasteiger partial charge in [0, 0.05) is 24.0 Å². The minimum absolute atomic E-state index is 0.264. The number of aromatic nitrogens is 1. The van der Waals surface area contributed by atoms with Crippen LogP contribution in [0.2, 0.25) is 5.15 Å². The number of aliphatic carboxylic acids is 1. The van der Waals surface area contributed by atoms with E-state index in [4.69, 9.17) is 16.7 Å². The van der Waals surface area contributed by atoms with Crippen LogP contribution in [0.1, 0.15) is 17.5 Å². The number of carbonyl (C=O) groups is 1. The second kappa shape index (κ2) is 5.62. The molecule has 1 atom stereocenters. The fourth-order valence-electron chi connectivity index (χ4n) is 2.83. The van der Waals surface area contributed by atoms with Gasteiger partial charge in [-0.3, -0.25) is 9.69 Å². The van der Waals surface area contributed by atoms with Crippen LogP contribution in [0.5, 0.6) is 0 Å². The second-order valence-electron chi connectivity index (χ2n) is 5.69. The molecular formula is C16H17ClN2O2. The molecule has 0 radical (unpaired) electrons. The molecule has 110 valence electrons. The number of carboxylic acids is 1. The lowest BCUT2D eigenvalue weighted by atomic mass is 10.1. The van der Waals surface area contributed by atoms with Crippen molar-refractivity contribution >= 4 is 28.5 Å². The molecule has 1 aliphatic heterocycles. The minimum atomic E-state index is -0.712. The van der Waals surface area contributed by atoms with Gasteiger partial charge in [-0.1, -0.05) is 23.7 Å². The highest BCUT2D eigenvalue weighted by atomic mass is 35.5. The third kappa shape index (κ3) is 3.01. The summed E-state index contributed by atoms with van der Waals surface area (Å²) in [6.45, 7) is 4.05. The highest BCUT2D eigenvalue weighted by molar-refractivity contribution is 6.30. The zero-order chi connectivity index (χ0) is 15.0. The summed E-state index contributed by atoms with van der Waals surface area (Å²) in [5, 5.41) is 10.6. The largest absolute Gasteiger partial charge is 0.481 e. The molecule has 1 N–H and O–H groups in total. The van der Waals surface area contributed by atoms with Gasteiger partial charge < -0.3 is 5.11 Å². The number of nitrogens with zero attached hydrogens (tertiary/aromatic N) is 2. The van der Waals surface area contributed by atoms with Crippen LogP contribution in [0.4, 0.5) is 0 Å². The molecule has 0 amide bonds. The van der Waals surface area contributed by atoms with E-state index in [2.05, 4.69) is 22.0 Å². The fraction of sp³-hybridized carbons (Fsp3) is 0.375. The van der Waals surface area contributed by atoms with Crippen molar-refractivity contribution in [3.63, 3.8) is 0 Å². The highest BCUT2D eigenvalue weighted by Gasteiger charge is 2.28. The third-order valence-corrected chi connectivity index (χ3v) is 4.34. The topological polar surface area (TPSA) is 53.4 Å². The van der Waals surface area contributed by atoms with E-state index >= 15 is 0 Å². The number of carboxylic acid groups (broad SMARTS) is 1. The number of fused-ring (bicyclic) bond motifs is 1. The molecule has 0 saturated carbocycles. The molecule has 1 aromatic carbocycles. The Morgan fingerprint density at radius 3 is 3.00 bits per heavy atom. The summed E-state index contributed by atoms with van der Waals surface area (Å²) in [6.07, 6.45) is 0.702. The number of likely N-dealkylation sites (tertiary alicyclic amines) is 1. The van der Waals surface area contributed by atoms with Crippen LogP contribution < -0.4 is 0 Å². The van der Waals surface area contributed by atoms with Gasteiger partial charge in [0.25, 0.3) is 0 Å². The lowest BCUT2D eigenvalue weighted by Crippen LogP contribution is -2.23. The number of benzene rings is 1. The highest BCUT2D eigenvalue weighted by Crippen LogP contribution is 2.25. The monoisotopic (exact) mass is 304 g/mol. The normalized spacial score (nSPS) is 19.2. The Hall–Kier alpha value is -1.65. The summed E-state index contributed by atoms with van der Waals surface area (Å²) in [5.74, 6) is -0.976. The van der Waals surface area contributed by atoms with Crippen molar-refractivity contribution in [3.05, 3.63) is 40.5 Å². The summed E-state index contributed by atoms with van der Waals surface area (Å²) in [7, 11) is 0. The van der Waals surface area contributed by atoms with Crippen LogP contribution in [0.25, 0.3) is 10.9 Å². The summed E-state index contributed by atoms with van der Waals surface area (Å²) < 4.78 is 0. The minimum Gasteiger partial charge on any atom is -0.481 e. The van der Waals surface area contributed by atoms with Crippen molar-refractivity contribution in [3.8, 4) is 0 Å². The molecule has 2 aromatic rings. The van der Waals surface area contributed by atoms with Crippen molar-refractivity contribution < 1.29 is 9.90 Å². The van der Waals surface area contributed by atoms with Gasteiger partial charge >= 0.3 is 5.97 Å². The van der Waals surface area contributed by atoms with Gasteiger partial charge in [-0.25, -0.2) is 4.98 Å². The fourth-order valence-corrected chi connectivity index (χ4v) is 3.03. The van der Waals surface area contributed by atoms with Crippen molar-refractivity contribution in [2.45, 2.75) is 19.9 Å². The lowest BCUT2D eigenvalue weighted by Gasteiger charge is -2.16. The van der Waals surface area contributed by atoms with E-state index in [0.29, 0.717) is 24.7 Å². The van der Waals surface area contributed by atoms with Crippen molar-refractivity contribution in [2.24, 2.45) is 5.92 Å². The maximum Gasteiger partial charge on any atom is 0.307 e.